The lowest BCUT2D eigenvalue weighted by Crippen LogP contribution is -2.26. The van der Waals surface area contributed by atoms with Gasteiger partial charge in [0.05, 0.1) is 15.7 Å². The minimum absolute atomic E-state index is 0.0474. The standard InChI is InChI=1S/C15H24N2O3S/c1-3-11-16-13(2)8-6-7-12-21(20)15-10-5-4-9-14(15)17(18)19/h4-5,9-10,13,16H,3,6-8,11-12H2,1-2H3. The highest BCUT2D eigenvalue weighted by molar-refractivity contribution is 7.85. The minimum atomic E-state index is -1.30. The van der Waals surface area contributed by atoms with Crippen LogP contribution in [0.2, 0.25) is 0 Å². The van der Waals surface area contributed by atoms with E-state index in [1.54, 1.807) is 18.2 Å². The molecule has 2 atom stereocenters. The second-order valence-electron chi connectivity index (χ2n) is 5.13. The van der Waals surface area contributed by atoms with Crippen molar-refractivity contribution in [1.82, 2.24) is 5.32 Å². The van der Waals surface area contributed by atoms with E-state index in [0.717, 1.165) is 32.2 Å². The summed E-state index contributed by atoms with van der Waals surface area (Å²) >= 11 is 0. The van der Waals surface area contributed by atoms with Crippen molar-refractivity contribution in [3.8, 4) is 0 Å². The van der Waals surface area contributed by atoms with Crippen molar-refractivity contribution in [2.45, 2.75) is 50.5 Å². The largest absolute Gasteiger partial charge is 0.314 e. The fourth-order valence-corrected chi connectivity index (χ4v) is 3.38. The molecule has 0 aromatic heterocycles. The van der Waals surface area contributed by atoms with Crippen molar-refractivity contribution in [2.75, 3.05) is 12.3 Å². The number of hydrogen-bond donors (Lipinski definition) is 1. The first-order valence-corrected chi connectivity index (χ1v) is 8.73. The van der Waals surface area contributed by atoms with Gasteiger partial charge in [-0.05, 0) is 38.8 Å². The number of benzene rings is 1. The molecular weight excluding hydrogens is 288 g/mol. The number of nitrogens with one attached hydrogen (secondary N) is 1. The van der Waals surface area contributed by atoms with Gasteiger partial charge in [-0.1, -0.05) is 25.5 Å². The normalized spacial score (nSPS) is 13.8. The van der Waals surface area contributed by atoms with Gasteiger partial charge in [-0.15, -0.1) is 0 Å². The van der Waals surface area contributed by atoms with Crippen LogP contribution in [0.15, 0.2) is 29.2 Å². The molecule has 0 spiro atoms. The first kappa shape index (κ1) is 17.8. The lowest BCUT2D eigenvalue weighted by Gasteiger charge is -2.12. The predicted octanol–water partition coefficient (Wildman–Crippen LogP) is 3.26. The molecule has 0 amide bonds. The van der Waals surface area contributed by atoms with E-state index >= 15 is 0 Å². The van der Waals surface area contributed by atoms with Gasteiger partial charge < -0.3 is 5.32 Å². The van der Waals surface area contributed by atoms with Gasteiger partial charge in [0.2, 0.25) is 0 Å². The number of nitrogens with zero attached hydrogens (tertiary/aromatic N) is 1. The molecule has 0 heterocycles. The van der Waals surface area contributed by atoms with Crippen LogP contribution in [-0.2, 0) is 10.8 Å². The zero-order chi connectivity index (χ0) is 15.7. The van der Waals surface area contributed by atoms with Crippen LogP contribution in [0, 0.1) is 10.1 Å². The third-order valence-electron chi connectivity index (χ3n) is 3.27. The maximum atomic E-state index is 12.2. The summed E-state index contributed by atoms with van der Waals surface area (Å²) in [6, 6.07) is 6.74. The van der Waals surface area contributed by atoms with E-state index in [1.807, 2.05) is 0 Å². The van der Waals surface area contributed by atoms with E-state index in [2.05, 4.69) is 19.2 Å². The molecule has 2 unspecified atom stereocenters. The summed E-state index contributed by atoms with van der Waals surface area (Å²) < 4.78 is 12.2. The van der Waals surface area contributed by atoms with Gasteiger partial charge in [0.1, 0.15) is 4.90 Å². The highest BCUT2D eigenvalue weighted by Crippen LogP contribution is 2.22. The highest BCUT2D eigenvalue weighted by atomic mass is 32.2. The molecule has 0 saturated carbocycles. The number of unbranched alkanes of at least 4 members (excludes halogenated alkanes) is 1. The lowest BCUT2D eigenvalue weighted by molar-refractivity contribution is -0.387. The number of hydrogen-bond acceptors (Lipinski definition) is 4. The summed E-state index contributed by atoms with van der Waals surface area (Å²) in [7, 11) is -1.30. The SMILES string of the molecule is CCCNC(C)CCCCS(=O)c1ccccc1[N+](=O)[O-]. The summed E-state index contributed by atoms with van der Waals surface area (Å²) in [5, 5.41) is 14.3. The van der Waals surface area contributed by atoms with Crippen molar-refractivity contribution >= 4 is 16.5 Å². The Morgan fingerprint density at radius 3 is 2.71 bits per heavy atom. The van der Waals surface area contributed by atoms with E-state index < -0.39 is 15.7 Å². The fourth-order valence-electron chi connectivity index (χ4n) is 2.09. The van der Waals surface area contributed by atoms with Crippen molar-refractivity contribution in [3.63, 3.8) is 0 Å². The minimum Gasteiger partial charge on any atom is -0.314 e. The molecule has 0 bridgehead atoms. The van der Waals surface area contributed by atoms with Crippen LogP contribution in [-0.4, -0.2) is 27.5 Å². The summed E-state index contributed by atoms with van der Waals surface area (Å²) in [5.74, 6) is 0.478. The first-order valence-electron chi connectivity index (χ1n) is 7.41. The Morgan fingerprint density at radius 2 is 2.05 bits per heavy atom. The molecule has 21 heavy (non-hydrogen) atoms. The fraction of sp³-hybridized carbons (Fsp3) is 0.600. The third-order valence-corrected chi connectivity index (χ3v) is 4.76. The van der Waals surface area contributed by atoms with Crippen molar-refractivity contribution in [1.29, 1.82) is 0 Å². The third kappa shape index (κ3) is 6.35. The Kier molecular flexibility index (Phi) is 8.15. The smallest absolute Gasteiger partial charge is 0.285 e. The number of para-hydroxylation sites is 1. The van der Waals surface area contributed by atoms with E-state index in [1.165, 1.54) is 6.07 Å². The van der Waals surface area contributed by atoms with Gasteiger partial charge in [0, 0.05) is 17.9 Å². The van der Waals surface area contributed by atoms with Gasteiger partial charge in [0.25, 0.3) is 5.69 Å². The van der Waals surface area contributed by atoms with Crippen molar-refractivity contribution < 1.29 is 9.13 Å². The number of nitro groups is 1. The molecule has 1 N–H and O–H groups in total. The summed E-state index contributed by atoms with van der Waals surface area (Å²) in [5.41, 5.74) is -0.0474. The predicted molar refractivity (Wildman–Crippen MR) is 86.0 cm³/mol. The lowest BCUT2D eigenvalue weighted by atomic mass is 10.1. The van der Waals surface area contributed by atoms with Crippen LogP contribution in [0.5, 0.6) is 0 Å². The molecule has 1 aromatic rings. The van der Waals surface area contributed by atoms with Crippen LogP contribution in [0.25, 0.3) is 0 Å². The summed E-state index contributed by atoms with van der Waals surface area (Å²) in [6.45, 7) is 5.30. The van der Waals surface area contributed by atoms with Gasteiger partial charge >= 0.3 is 0 Å². The molecule has 0 radical (unpaired) electrons. The molecule has 0 fully saturated rings. The summed E-state index contributed by atoms with van der Waals surface area (Å²) in [4.78, 5) is 10.8. The zero-order valence-corrected chi connectivity index (χ0v) is 13.5. The monoisotopic (exact) mass is 312 g/mol. The van der Waals surface area contributed by atoms with Crippen molar-refractivity contribution in [3.05, 3.63) is 34.4 Å². The Balaban J connectivity index is 2.39. The molecule has 6 heteroatoms. The zero-order valence-electron chi connectivity index (χ0n) is 12.7. The number of rotatable bonds is 10. The Labute approximate surface area is 128 Å². The van der Waals surface area contributed by atoms with Crippen LogP contribution in [0.4, 0.5) is 5.69 Å². The van der Waals surface area contributed by atoms with E-state index in [9.17, 15) is 14.3 Å². The average Bonchev–Trinajstić information content (AvgIpc) is 2.49. The second-order valence-corrected chi connectivity index (χ2v) is 6.66. The van der Waals surface area contributed by atoms with Gasteiger partial charge in [-0.25, -0.2) is 0 Å². The van der Waals surface area contributed by atoms with Crippen LogP contribution in [0.1, 0.15) is 39.5 Å². The van der Waals surface area contributed by atoms with Gasteiger partial charge in [-0.2, -0.15) is 0 Å². The molecule has 0 aliphatic carbocycles. The maximum absolute atomic E-state index is 12.2. The molecule has 1 aromatic carbocycles. The average molecular weight is 312 g/mol. The van der Waals surface area contributed by atoms with E-state index in [4.69, 9.17) is 0 Å². The molecule has 1 rings (SSSR count). The quantitative estimate of drug-likeness (QED) is 0.409. The van der Waals surface area contributed by atoms with Crippen LogP contribution >= 0.6 is 0 Å². The second kappa shape index (κ2) is 9.63. The molecule has 118 valence electrons. The molecular formula is C15H24N2O3S. The Bertz CT molecular complexity index is 480. The molecule has 5 nitrogen and oxygen atoms in total. The van der Waals surface area contributed by atoms with Gasteiger partial charge in [0.15, 0.2) is 0 Å². The first-order chi connectivity index (χ1) is 10.1. The van der Waals surface area contributed by atoms with Gasteiger partial charge in [-0.3, -0.25) is 14.3 Å². The van der Waals surface area contributed by atoms with Crippen molar-refractivity contribution in [2.24, 2.45) is 0 Å². The highest BCUT2D eigenvalue weighted by Gasteiger charge is 2.17. The van der Waals surface area contributed by atoms with E-state index in [-0.39, 0.29) is 5.69 Å². The summed E-state index contributed by atoms with van der Waals surface area (Å²) in [6.07, 6.45) is 3.95. The molecule has 0 aliphatic heterocycles. The molecule has 0 aliphatic rings. The topological polar surface area (TPSA) is 72.2 Å². The Hall–Kier alpha value is -1.27. The van der Waals surface area contributed by atoms with Crippen LogP contribution < -0.4 is 5.32 Å². The van der Waals surface area contributed by atoms with E-state index in [0.29, 0.717) is 16.7 Å². The van der Waals surface area contributed by atoms with Crippen LogP contribution in [0.3, 0.4) is 0 Å². The number of nitro benzene ring substituents is 1. The Morgan fingerprint density at radius 1 is 1.33 bits per heavy atom. The maximum Gasteiger partial charge on any atom is 0.285 e. The molecule has 0 saturated heterocycles.